The van der Waals surface area contributed by atoms with E-state index in [1.807, 2.05) is 42.5 Å². The molecule has 0 aliphatic carbocycles. The van der Waals surface area contributed by atoms with Gasteiger partial charge in [-0.05, 0) is 24.1 Å². The van der Waals surface area contributed by atoms with Crippen LogP contribution in [0.2, 0.25) is 0 Å². The summed E-state index contributed by atoms with van der Waals surface area (Å²) in [7, 11) is 1.56. The molecule has 0 spiro atoms. The predicted molar refractivity (Wildman–Crippen MR) is 78.3 cm³/mol. The summed E-state index contributed by atoms with van der Waals surface area (Å²) in [5.41, 5.74) is 1.77. The van der Waals surface area contributed by atoms with E-state index in [1.54, 1.807) is 19.2 Å². The third-order valence-electron chi connectivity index (χ3n) is 3.02. The average Bonchev–Trinajstić information content (AvgIpc) is 2.52. The molecule has 0 aromatic heterocycles. The van der Waals surface area contributed by atoms with Gasteiger partial charge in [0.2, 0.25) is 0 Å². The summed E-state index contributed by atoms with van der Waals surface area (Å²) in [5, 5.41) is 0. The maximum Gasteiger partial charge on any atom is 0.192 e. The first-order valence-corrected chi connectivity index (χ1v) is 6.59. The van der Waals surface area contributed by atoms with Crippen LogP contribution in [0.1, 0.15) is 15.9 Å². The van der Waals surface area contributed by atoms with Crippen LogP contribution in [0, 0.1) is 0 Å². The first kappa shape index (κ1) is 14.3. The number of ketones is 1. The molecule has 104 valence electrons. The highest BCUT2D eigenvalue weighted by atomic mass is 16.5. The van der Waals surface area contributed by atoms with Crippen LogP contribution in [0.3, 0.4) is 0 Å². The number of benzene rings is 2. The second-order valence-electron chi connectivity index (χ2n) is 4.41. The lowest BCUT2D eigenvalue weighted by Crippen LogP contribution is -2.12. The number of methoxy groups -OCH3 is 1. The summed E-state index contributed by atoms with van der Waals surface area (Å²) in [5.74, 6) is 0.527. The second-order valence-corrected chi connectivity index (χ2v) is 4.41. The lowest BCUT2D eigenvalue weighted by molar-refractivity contribution is 0.0762. The summed E-state index contributed by atoms with van der Waals surface area (Å²) < 4.78 is 10.6. The van der Waals surface area contributed by atoms with Crippen LogP contribution < -0.4 is 4.74 Å². The number of ether oxygens (including phenoxy) is 2. The van der Waals surface area contributed by atoms with E-state index in [4.69, 9.17) is 9.47 Å². The van der Waals surface area contributed by atoms with Gasteiger partial charge in [0.25, 0.3) is 0 Å². The highest BCUT2D eigenvalue weighted by Crippen LogP contribution is 2.17. The number of para-hydroxylation sites is 1. The van der Waals surface area contributed by atoms with Gasteiger partial charge in [0, 0.05) is 0 Å². The Morgan fingerprint density at radius 2 is 1.70 bits per heavy atom. The van der Waals surface area contributed by atoms with Crippen LogP contribution in [0.25, 0.3) is 0 Å². The highest BCUT2D eigenvalue weighted by Gasteiger charge is 2.11. The van der Waals surface area contributed by atoms with Crippen molar-refractivity contribution in [2.75, 3.05) is 20.3 Å². The Balaban J connectivity index is 1.81. The van der Waals surface area contributed by atoms with Crippen LogP contribution in [-0.2, 0) is 11.2 Å². The maximum absolute atomic E-state index is 12.0. The summed E-state index contributed by atoms with van der Waals surface area (Å²) in [4.78, 5) is 12.0. The molecule has 0 aliphatic rings. The van der Waals surface area contributed by atoms with Gasteiger partial charge in [-0.25, -0.2) is 0 Å². The number of hydrogen-bond acceptors (Lipinski definition) is 3. The van der Waals surface area contributed by atoms with Gasteiger partial charge >= 0.3 is 0 Å². The van der Waals surface area contributed by atoms with Crippen molar-refractivity contribution < 1.29 is 14.3 Å². The summed E-state index contributed by atoms with van der Waals surface area (Å²) in [6, 6.07) is 17.3. The van der Waals surface area contributed by atoms with Gasteiger partial charge in [-0.1, -0.05) is 42.5 Å². The number of rotatable bonds is 7. The van der Waals surface area contributed by atoms with E-state index in [2.05, 4.69) is 0 Å². The van der Waals surface area contributed by atoms with Crippen molar-refractivity contribution in [2.24, 2.45) is 0 Å². The fraction of sp³-hybridized carbons (Fsp3) is 0.235. The predicted octanol–water partition coefficient (Wildman–Crippen LogP) is 3.14. The molecule has 0 amide bonds. The van der Waals surface area contributed by atoms with Crippen molar-refractivity contribution in [1.82, 2.24) is 0 Å². The smallest absolute Gasteiger partial charge is 0.192 e. The minimum absolute atomic E-state index is 0.0597. The van der Waals surface area contributed by atoms with Crippen molar-refractivity contribution >= 4 is 5.78 Å². The van der Waals surface area contributed by atoms with Crippen molar-refractivity contribution in [3.05, 3.63) is 65.7 Å². The van der Waals surface area contributed by atoms with Crippen molar-refractivity contribution in [1.29, 1.82) is 0 Å². The quantitative estimate of drug-likeness (QED) is 0.573. The zero-order valence-corrected chi connectivity index (χ0v) is 11.5. The van der Waals surface area contributed by atoms with E-state index in [1.165, 1.54) is 5.56 Å². The molecule has 2 rings (SSSR count). The summed E-state index contributed by atoms with van der Waals surface area (Å²) in [6.45, 7) is 0.609. The molecule has 0 aliphatic heterocycles. The minimum Gasteiger partial charge on any atom is -0.496 e. The molecule has 0 unspecified atom stereocenters. The lowest BCUT2D eigenvalue weighted by Gasteiger charge is -2.08. The lowest BCUT2D eigenvalue weighted by atomic mass is 10.1. The average molecular weight is 270 g/mol. The Hall–Kier alpha value is -2.13. The van der Waals surface area contributed by atoms with Crippen LogP contribution in [0.15, 0.2) is 54.6 Å². The number of carbonyl (C=O) groups is 1. The Bertz CT molecular complexity index is 549. The molecule has 0 radical (unpaired) electrons. The van der Waals surface area contributed by atoms with E-state index in [0.717, 1.165) is 6.42 Å². The fourth-order valence-corrected chi connectivity index (χ4v) is 1.95. The molecule has 3 nitrogen and oxygen atoms in total. The first-order chi connectivity index (χ1) is 9.81. The molecular weight excluding hydrogens is 252 g/mol. The Morgan fingerprint density at radius 3 is 2.45 bits per heavy atom. The SMILES string of the molecule is COc1ccccc1C(=O)COCCc1ccccc1. The van der Waals surface area contributed by atoms with Gasteiger partial charge in [-0.3, -0.25) is 4.79 Å². The van der Waals surface area contributed by atoms with Crippen LogP contribution >= 0.6 is 0 Å². The number of carbonyl (C=O) groups excluding carboxylic acids is 1. The number of Topliss-reactive ketones (excluding diaryl/α,β-unsaturated/α-hetero) is 1. The maximum atomic E-state index is 12.0. The topological polar surface area (TPSA) is 35.5 Å². The molecule has 0 atom stereocenters. The summed E-state index contributed by atoms with van der Waals surface area (Å²) >= 11 is 0. The standard InChI is InChI=1S/C17H18O3/c1-19-17-10-6-5-9-15(17)16(18)13-20-12-11-14-7-3-2-4-8-14/h2-10H,11-13H2,1H3. The Labute approximate surface area is 119 Å². The second kappa shape index (κ2) is 7.46. The molecule has 20 heavy (non-hydrogen) atoms. The fourth-order valence-electron chi connectivity index (χ4n) is 1.95. The molecule has 0 saturated heterocycles. The van der Waals surface area contributed by atoms with E-state index in [-0.39, 0.29) is 12.4 Å². The van der Waals surface area contributed by atoms with Crippen LogP contribution in [0.5, 0.6) is 5.75 Å². The zero-order valence-electron chi connectivity index (χ0n) is 11.5. The Kier molecular flexibility index (Phi) is 5.33. The van der Waals surface area contributed by atoms with Gasteiger partial charge < -0.3 is 9.47 Å². The summed E-state index contributed by atoms with van der Waals surface area (Å²) in [6.07, 6.45) is 0.806. The zero-order chi connectivity index (χ0) is 14.2. The van der Waals surface area contributed by atoms with E-state index in [9.17, 15) is 4.79 Å². The van der Waals surface area contributed by atoms with Gasteiger partial charge in [-0.2, -0.15) is 0 Å². The molecule has 3 heteroatoms. The molecular formula is C17H18O3. The van der Waals surface area contributed by atoms with E-state index >= 15 is 0 Å². The third-order valence-corrected chi connectivity index (χ3v) is 3.02. The van der Waals surface area contributed by atoms with E-state index < -0.39 is 0 Å². The minimum atomic E-state index is -0.0597. The van der Waals surface area contributed by atoms with Crippen molar-refractivity contribution in [2.45, 2.75) is 6.42 Å². The van der Waals surface area contributed by atoms with Gasteiger partial charge in [0.1, 0.15) is 12.4 Å². The van der Waals surface area contributed by atoms with Crippen molar-refractivity contribution in [3.63, 3.8) is 0 Å². The molecule has 0 heterocycles. The molecule has 0 saturated carbocycles. The molecule has 0 fully saturated rings. The Morgan fingerprint density at radius 1 is 1.00 bits per heavy atom. The van der Waals surface area contributed by atoms with Crippen LogP contribution in [-0.4, -0.2) is 26.1 Å². The molecule has 0 N–H and O–H groups in total. The van der Waals surface area contributed by atoms with Crippen LogP contribution in [0.4, 0.5) is 0 Å². The van der Waals surface area contributed by atoms with Gasteiger partial charge in [-0.15, -0.1) is 0 Å². The monoisotopic (exact) mass is 270 g/mol. The largest absolute Gasteiger partial charge is 0.496 e. The van der Waals surface area contributed by atoms with E-state index in [0.29, 0.717) is 17.9 Å². The van der Waals surface area contributed by atoms with Gasteiger partial charge in [0.05, 0.1) is 19.3 Å². The van der Waals surface area contributed by atoms with Crippen molar-refractivity contribution in [3.8, 4) is 5.75 Å². The normalized spacial score (nSPS) is 10.2. The first-order valence-electron chi connectivity index (χ1n) is 6.59. The number of hydrogen-bond donors (Lipinski definition) is 0. The molecule has 2 aromatic carbocycles. The molecule has 2 aromatic rings. The third kappa shape index (κ3) is 3.93. The van der Waals surface area contributed by atoms with Gasteiger partial charge in [0.15, 0.2) is 5.78 Å². The highest BCUT2D eigenvalue weighted by molar-refractivity contribution is 5.99. The molecule has 0 bridgehead atoms.